The summed E-state index contributed by atoms with van der Waals surface area (Å²) in [6.07, 6.45) is 0. The van der Waals surface area contributed by atoms with E-state index in [-0.39, 0.29) is 18.0 Å². The topological polar surface area (TPSA) is 73.9 Å². The lowest BCUT2D eigenvalue weighted by Crippen LogP contribution is -2.23. The number of benzene rings is 1. The molecule has 0 radical (unpaired) electrons. The van der Waals surface area contributed by atoms with Gasteiger partial charge >= 0.3 is 12.6 Å². The molecule has 0 bridgehead atoms. The van der Waals surface area contributed by atoms with Gasteiger partial charge in [-0.15, -0.1) is 0 Å². The van der Waals surface area contributed by atoms with Crippen LogP contribution >= 0.6 is 0 Å². The van der Waals surface area contributed by atoms with Crippen LogP contribution in [0.3, 0.4) is 0 Å². The maximum absolute atomic E-state index is 12.2. The number of anilines is 1. The molecule has 20 heavy (non-hydrogen) atoms. The van der Waals surface area contributed by atoms with Crippen LogP contribution in [-0.4, -0.2) is 38.8 Å². The first-order chi connectivity index (χ1) is 9.52. The van der Waals surface area contributed by atoms with Crippen LogP contribution in [-0.2, 0) is 19.1 Å². The Morgan fingerprint density at radius 2 is 1.95 bits per heavy atom. The molecule has 0 aliphatic carbocycles. The van der Waals surface area contributed by atoms with Crippen LogP contribution < -0.4 is 10.1 Å². The summed E-state index contributed by atoms with van der Waals surface area (Å²) < 4.78 is 37.6. The minimum Gasteiger partial charge on any atom is -0.454 e. The van der Waals surface area contributed by atoms with Crippen molar-refractivity contribution >= 4 is 17.6 Å². The number of nitrogens with one attached hydrogen (secondary N) is 1. The second-order valence-electron chi connectivity index (χ2n) is 3.52. The first-order valence-electron chi connectivity index (χ1n) is 5.51. The molecule has 110 valence electrons. The molecular weight excluding hydrogens is 276 g/mol. The van der Waals surface area contributed by atoms with Gasteiger partial charge in [0.2, 0.25) is 0 Å². The zero-order valence-corrected chi connectivity index (χ0v) is 10.6. The van der Waals surface area contributed by atoms with Gasteiger partial charge in [0.25, 0.3) is 5.91 Å². The van der Waals surface area contributed by atoms with E-state index in [9.17, 15) is 18.4 Å². The fraction of sp³-hybridized carbons (Fsp3) is 0.333. The number of halogens is 2. The first kappa shape index (κ1) is 15.8. The minimum absolute atomic E-state index is 0.0561. The fourth-order valence-electron chi connectivity index (χ4n) is 1.26. The van der Waals surface area contributed by atoms with E-state index >= 15 is 0 Å². The van der Waals surface area contributed by atoms with Crippen molar-refractivity contribution in [3.05, 3.63) is 24.3 Å². The molecule has 0 saturated heterocycles. The van der Waals surface area contributed by atoms with Gasteiger partial charge in [-0.2, -0.15) is 8.78 Å². The van der Waals surface area contributed by atoms with Crippen molar-refractivity contribution in [1.82, 2.24) is 0 Å². The van der Waals surface area contributed by atoms with Crippen molar-refractivity contribution in [2.24, 2.45) is 0 Å². The molecule has 8 heteroatoms. The Bertz CT molecular complexity index is 467. The molecule has 0 aliphatic heterocycles. The third-order valence-corrected chi connectivity index (χ3v) is 2.00. The number of carbonyl (C=O) groups excluding carboxylic acids is 2. The van der Waals surface area contributed by atoms with Gasteiger partial charge in [0, 0.05) is 7.11 Å². The smallest absolute Gasteiger partial charge is 0.387 e. The van der Waals surface area contributed by atoms with Crippen LogP contribution in [0.2, 0.25) is 0 Å². The summed E-state index contributed by atoms with van der Waals surface area (Å²) in [6, 6.07) is 5.67. The highest BCUT2D eigenvalue weighted by Crippen LogP contribution is 2.25. The van der Waals surface area contributed by atoms with Gasteiger partial charge in [-0.1, -0.05) is 12.1 Å². The Hall–Kier alpha value is -2.22. The summed E-state index contributed by atoms with van der Waals surface area (Å²) in [5.41, 5.74) is 0.0561. The van der Waals surface area contributed by atoms with Crippen LogP contribution in [0.1, 0.15) is 0 Å². The Balaban J connectivity index is 2.55. The van der Waals surface area contributed by atoms with E-state index in [1.807, 2.05) is 0 Å². The van der Waals surface area contributed by atoms with Crippen LogP contribution in [0.25, 0.3) is 0 Å². The zero-order chi connectivity index (χ0) is 15.0. The van der Waals surface area contributed by atoms with E-state index in [4.69, 9.17) is 0 Å². The number of para-hydroxylation sites is 2. The highest BCUT2D eigenvalue weighted by atomic mass is 19.3. The molecule has 0 atom stereocenters. The molecule has 6 nitrogen and oxygen atoms in total. The molecule has 0 heterocycles. The lowest BCUT2D eigenvalue weighted by Gasteiger charge is -2.11. The molecule has 1 aromatic carbocycles. The lowest BCUT2D eigenvalue weighted by atomic mass is 10.3. The van der Waals surface area contributed by atoms with Crippen LogP contribution in [0.15, 0.2) is 24.3 Å². The summed E-state index contributed by atoms with van der Waals surface area (Å²) in [7, 11) is 1.30. The fourth-order valence-corrected chi connectivity index (χ4v) is 1.26. The van der Waals surface area contributed by atoms with Gasteiger partial charge in [-0.3, -0.25) is 4.79 Å². The number of esters is 1. The molecular formula is C12H13F2NO5. The maximum atomic E-state index is 12.2. The standard InChI is InChI=1S/C12H13F2NO5/c1-18-7-11(17)19-6-10(16)15-8-4-2-3-5-9(8)20-12(13)14/h2-5,12H,6-7H2,1H3,(H,15,16). The Kier molecular flexibility index (Phi) is 6.38. The van der Waals surface area contributed by atoms with Gasteiger partial charge < -0.3 is 19.5 Å². The molecule has 0 unspecified atom stereocenters. The lowest BCUT2D eigenvalue weighted by molar-refractivity contribution is -0.150. The van der Waals surface area contributed by atoms with Crippen molar-refractivity contribution in [3.63, 3.8) is 0 Å². The van der Waals surface area contributed by atoms with Crippen molar-refractivity contribution in [2.45, 2.75) is 6.61 Å². The molecule has 1 N–H and O–H groups in total. The largest absolute Gasteiger partial charge is 0.454 e. The number of rotatable bonds is 7. The summed E-state index contributed by atoms with van der Waals surface area (Å²) >= 11 is 0. The summed E-state index contributed by atoms with van der Waals surface area (Å²) in [4.78, 5) is 22.4. The van der Waals surface area contributed by atoms with E-state index in [1.54, 1.807) is 0 Å². The Morgan fingerprint density at radius 3 is 2.60 bits per heavy atom. The van der Waals surface area contributed by atoms with Gasteiger partial charge in [0.05, 0.1) is 5.69 Å². The van der Waals surface area contributed by atoms with Crippen LogP contribution in [0, 0.1) is 0 Å². The van der Waals surface area contributed by atoms with E-state index in [2.05, 4.69) is 19.5 Å². The van der Waals surface area contributed by atoms with E-state index in [0.29, 0.717) is 0 Å². The highest BCUT2D eigenvalue weighted by molar-refractivity contribution is 5.94. The molecule has 0 aromatic heterocycles. The molecule has 1 rings (SSSR count). The number of hydrogen-bond donors (Lipinski definition) is 1. The predicted octanol–water partition coefficient (Wildman–Crippen LogP) is 1.42. The van der Waals surface area contributed by atoms with Crippen molar-refractivity contribution < 1.29 is 32.6 Å². The van der Waals surface area contributed by atoms with Crippen LogP contribution in [0.4, 0.5) is 14.5 Å². The highest BCUT2D eigenvalue weighted by Gasteiger charge is 2.12. The van der Waals surface area contributed by atoms with Gasteiger partial charge in [-0.25, -0.2) is 4.79 Å². The maximum Gasteiger partial charge on any atom is 0.387 e. The van der Waals surface area contributed by atoms with Crippen molar-refractivity contribution in [3.8, 4) is 5.75 Å². The van der Waals surface area contributed by atoms with Gasteiger partial charge in [0.1, 0.15) is 12.4 Å². The molecule has 1 aromatic rings. The average Bonchev–Trinajstić information content (AvgIpc) is 2.38. The van der Waals surface area contributed by atoms with E-state index in [0.717, 1.165) is 0 Å². The normalized spacial score (nSPS) is 10.2. The van der Waals surface area contributed by atoms with Gasteiger partial charge in [-0.05, 0) is 12.1 Å². The monoisotopic (exact) mass is 289 g/mol. The van der Waals surface area contributed by atoms with Crippen molar-refractivity contribution in [2.75, 3.05) is 25.6 Å². The quantitative estimate of drug-likeness (QED) is 0.768. The van der Waals surface area contributed by atoms with Crippen LogP contribution in [0.5, 0.6) is 5.75 Å². The number of carbonyl (C=O) groups is 2. The SMILES string of the molecule is COCC(=O)OCC(=O)Nc1ccccc1OC(F)F. The summed E-state index contributed by atoms with van der Waals surface area (Å²) in [6.45, 7) is -3.84. The third kappa shape index (κ3) is 5.61. The third-order valence-electron chi connectivity index (χ3n) is 2.00. The molecule has 1 amide bonds. The second kappa shape index (κ2) is 8.05. The molecule has 0 fully saturated rings. The van der Waals surface area contributed by atoms with E-state index in [1.165, 1.54) is 31.4 Å². The predicted molar refractivity (Wildman–Crippen MR) is 64.5 cm³/mol. The molecule has 0 aliphatic rings. The van der Waals surface area contributed by atoms with E-state index < -0.39 is 25.1 Å². The second-order valence-corrected chi connectivity index (χ2v) is 3.52. The Labute approximate surface area is 113 Å². The summed E-state index contributed by atoms with van der Waals surface area (Å²) in [5.74, 6) is -1.57. The first-order valence-corrected chi connectivity index (χ1v) is 5.51. The minimum atomic E-state index is -3.01. The molecule has 0 saturated carbocycles. The van der Waals surface area contributed by atoms with Gasteiger partial charge in [0.15, 0.2) is 6.61 Å². The number of ether oxygens (including phenoxy) is 3. The number of alkyl halides is 2. The molecule has 0 spiro atoms. The average molecular weight is 289 g/mol. The van der Waals surface area contributed by atoms with Crippen molar-refractivity contribution in [1.29, 1.82) is 0 Å². The number of methoxy groups -OCH3 is 1. The summed E-state index contributed by atoms with van der Waals surface area (Å²) in [5, 5.41) is 2.30. The zero-order valence-electron chi connectivity index (χ0n) is 10.6. The number of amides is 1. The Morgan fingerprint density at radius 1 is 1.25 bits per heavy atom. The number of hydrogen-bond acceptors (Lipinski definition) is 5.